The number of hydrogen-bond acceptors (Lipinski definition) is 7. The molecule has 0 bridgehead atoms. The van der Waals surface area contributed by atoms with Gasteiger partial charge >= 0.3 is 5.97 Å². The average molecular weight is 467 g/mol. The lowest BCUT2D eigenvalue weighted by Gasteiger charge is -2.22. The molecular weight excluding hydrogens is 444 g/mol. The molecule has 1 amide bonds. The number of aryl methyl sites for hydroxylation is 1. The summed E-state index contributed by atoms with van der Waals surface area (Å²) in [6.07, 6.45) is -0.0671. The van der Waals surface area contributed by atoms with Crippen LogP contribution in [-0.2, 0) is 16.1 Å². The van der Waals surface area contributed by atoms with Crippen LogP contribution in [0.5, 0.6) is 0 Å². The van der Waals surface area contributed by atoms with Crippen molar-refractivity contribution in [1.29, 1.82) is 5.26 Å². The molecule has 3 rings (SSSR count). The highest BCUT2D eigenvalue weighted by Crippen LogP contribution is 2.23. The van der Waals surface area contributed by atoms with E-state index in [1.54, 1.807) is 56.3 Å². The van der Waals surface area contributed by atoms with Gasteiger partial charge in [0.15, 0.2) is 0 Å². The third-order valence-corrected chi connectivity index (χ3v) is 5.05. The quantitative estimate of drug-likeness (QED) is 0.463. The first-order chi connectivity index (χ1) is 15.8. The summed E-state index contributed by atoms with van der Waals surface area (Å²) in [4.78, 5) is 27.8. The number of carbonyl (C=O) groups excluding carboxylic acids is 2. The summed E-state index contributed by atoms with van der Waals surface area (Å²) in [7, 11) is 0. The molecule has 0 spiro atoms. The maximum Gasteiger partial charge on any atom is 0.338 e. The minimum atomic E-state index is -0.444. The average Bonchev–Trinajstić information content (AvgIpc) is 3.24. The fourth-order valence-corrected chi connectivity index (χ4v) is 3.17. The molecule has 0 aliphatic carbocycles. The number of nitrogens with zero attached hydrogens (tertiary/aromatic N) is 6. The first-order valence-electron chi connectivity index (χ1n) is 10.3. The Balaban J connectivity index is 1.78. The Labute approximate surface area is 196 Å². The van der Waals surface area contributed by atoms with E-state index in [2.05, 4.69) is 21.5 Å². The number of benzene rings is 2. The van der Waals surface area contributed by atoms with E-state index >= 15 is 0 Å². The topological polar surface area (TPSA) is 114 Å². The maximum atomic E-state index is 13.0. The molecule has 0 saturated heterocycles. The molecule has 1 heterocycles. The van der Waals surface area contributed by atoms with E-state index in [0.29, 0.717) is 21.8 Å². The highest BCUT2D eigenvalue weighted by molar-refractivity contribution is 6.31. The van der Waals surface area contributed by atoms with E-state index in [1.165, 1.54) is 9.70 Å². The number of anilines is 1. The normalized spacial score (nSPS) is 10.7. The molecule has 0 aliphatic heterocycles. The monoisotopic (exact) mass is 466 g/mol. The third-order valence-electron chi connectivity index (χ3n) is 4.63. The van der Waals surface area contributed by atoms with Crippen LogP contribution in [0.3, 0.4) is 0 Å². The second-order valence-electron chi connectivity index (χ2n) is 7.57. The van der Waals surface area contributed by atoms with E-state index < -0.39 is 5.97 Å². The molecule has 2 aromatic carbocycles. The van der Waals surface area contributed by atoms with Gasteiger partial charge in [0.25, 0.3) is 5.91 Å². The zero-order valence-electron chi connectivity index (χ0n) is 18.5. The molecule has 3 aromatic rings. The van der Waals surface area contributed by atoms with Gasteiger partial charge < -0.3 is 9.64 Å². The Kier molecular flexibility index (Phi) is 7.74. The molecule has 0 fully saturated rings. The molecule has 0 radical (unpaired) electrons. The van der Waals surface area contributed by atoms with Gasteiger partial charge in [0.2, 0.25) is 5.82 Å². The van der Waals surface area contributed by atoms with E-state index in [9.17, 15) is 9.59 Å². The number of hydrogen-bond donors (Lipinski definition) is 0. The van der Waals surface area contributed by atoms with Crippen molar-refractivity contribution in [3.8, 4) is 17.5 Å². The van der Waals surface area contributed by atoms with Crippen LogP contribution in [0.15, 0.2) is 42.5 Å². The zero-order chi connectivity index (χ0) is 24.0. The van der Waals surface area contributed by atoms with Gasteiger partial charge in [-0.05, 0) is 61.9 Å². The number of carbonyl (C=O) groups is 2. The zero-order valence-corrected chi connectivity index (χ0v) is 19.3. The van der Waals surface area contributed by atoms with Crippen LogP contribution in [0.1, 0.15) is 36.2 Å². The van der Waals surface area contributed by atoms with Crippen LogP contribution in [0.25, 0.3) is 11.4 Å². The van der Waals surface area contributed by atoms with Crippen molar-refractivity contribution in [2.75, 3.05) is 11.4 Å². The van der Waals surface area contributed by atoms with Gasteiger partial charge in [-0.2, -0.15) is 10.1 Å². The molecule has 1 aromatic heterocycles. The molecule has 0 aliphatic rings. The van der Waals surface area contributed by atoms with Gasteiger partial charge in [-0.15, -0.1) is 10.2 Å². The predicted octanol–water partition coefficient (Wildman–Crippen LogP) is 3.81. The van der Waals surface area contributed by atoms with Crippen LogP contribution in [0, 0.1) is 18.3 Å². The smallest absolute Gasteiger partial charge is 0.338 e. The number of rotatable bonds is 8. The minimum absolute atomic E-state index is 0.169. The summed E-state index contributed by atoms with van der Waals surface area (Å²) >= 11 is 6.10. The third kappa shape index (κ3) is 6.14. The van der Waals surface area contributed by atoms with Crippen molar-refractivity contribution < 1.29 is 14.3 Å². The number of ether oxygens (including phenoxy) is 1. The lowest BCUT2D eigenvalue weighted by Crippen LogP contribution is -2.35. The van der Waals surface area contributed by atoms with Crippen LogP contribution in [0.2, 0.25) is 5.02 Å². The number of aromatic nitrogens is 4. The van der Waals surface area contributed by atoms with Gasteiger partial charge in [-0.1, -0.05) is 23.7 Å². The Morgan fingerprint density at radius 1 is 1.24 bits per heavy atom. The van der Waals surface area contributed by atoms with E-state index in [0.717, 1.165) is 5.56 Å². The number of amides is 1. The van der Waals surface area contributed by atoms with Gasteiger partial charge in [0, 0.05) is 22.8 Å². The van der Waals surface area contributed by atoms with Crippen molar-refractivity contribution in [3.63, 3.8) is 0 Å². The van der Waals surface area contributed by atoms with Crippen molar-refractivity contribution in [2.24, 2.45) is 0 Å². The van der Waals surface area contributed by atoms with Crippen LogP contribution >= 0.6 is 11.6 Å². The van der Waals surface area contributed by atoms with Crippen molar-refractivity contribution in [1.82, 2.24) is 20.2 Å². The lowest BCUT2D eigenvalue weighted by molar-refractivity contribution is -0.119. The van der Waals surface area contributed by atoms with E-state index in [4.69, 9.17) is 21.6 Å². The standard InChI is InChI=1S/C23H23ClN6O3/c1-15(2)33-23(32)18-7-4-6-17(13-18)22-26-28-30(27-22)14-21(31)29(11-5-10-25)19-8-9-20(24)16(3)12-19/h4,6-9,12-13,15H,5,11,14H2,1-3H3. The van der Waals surface area contributed by atoms with Gasteiger partial charge in [0.05, 0.1) is 24.2 Å². The van der Waals surface area contributed by atoms with Gasteiger partial charge in [-0.3, -0.25) is 4.79 Å². The summed E-state index contributed by atoms with van der Waals surface area (Å²) in [5, 5.41) is 21.8. The molecule has 33 heavy (non-hydrogen) atoms. The summed E-state index contributed by atoms with van der Waals surface area (Å²) < 4.78 is 5.22. The molecule has 0 N–H and O–H groups in total. The Morgan fingerprint density at radius 3 is 2.73 bits per heavy atom. The molecule has 0 atom stereocenters. The maximum absolute atomic E-state index is 13.0. The first kappa shape index (κ1) is 23.9. The largest absolute Gasteiger partial charge is 0.459 e. The number of tetrazole rings is 1. The lowest BCUT2D eigenvalue weighted by atomic mass is 10.1. The number of esters is 1. The molecule has 0 unspecified atom stereocenters. The molecular formula is C23H23ClN6O3. The Hall–Kier alpha value is -3.77. The Morgan fingerprint density at radius 2 is 2.03 bits per heavy atom. The van der Waals surface area contributed by atoms with Gasteiger partial charge in [-0.25, -0.2) is 4.79 Å². The van der Waals surface area contributed by atoms with Gasteiger partial charge in [0.1, 0.15) is 6.54 Å². The van der Waals surface area contributed by atoms with Crippen molar-refractivity contribution in [3.05, 3.63) is 58.6 Å². The number of nitriles is 1. The van der Waals surface area contributed by atoms with E-state index in [1.807, 2.05) is 6.92 Å². The fourth-order valence-electron chi connectivity index (χ4n) is 3.06. The molecule has 0 saturated carbocycles. The molecule has 170 valence electrons. The van der Waals surface area contributed by atoms with Crippen LogP contribution in [0.4, 0.5) is 5.69 Å². The fraction of sp³-hybridized carbons (Fsp3) is 0.304. The second kappa shape index (κ2) is 10.7. The molecule has 9 nitrogen and oxygen atoms in total. The summed E-state index contributed by atoms with van der Waals surface area (Å²) in [5.41, 5.74) is 2.39. The Bertz CT molecular complexity index is 1200. The summed E-state index contributed by atoms with van der Waals surface area (Å²) in [6.45, 7) is 5.44. The molecule has 10 heteroatoms. The predicted molar refractivity (Wildman–Crippen MR) is 123 cm³/mol. The summed E-state index contributed by atoms with van der Waals surface area (Å²) in [5.74, 6) is -0.473. The van der Waals surface area contributed by atoms with Crippen molar-refractivity contribution >= 4 is 29.2 Å². The highest BCUT2D eigenvalue weighted by atomic mass is 35.5. The first-order valence-corrected chi connectivity index (χ1v) is 10.7. The number of halogens is 1. The van der Waals surface area contributed by atoms with Crippen LogP contribution in [-0.4, -0.2) is 44.7 Å². The summed E-state index contributed by atoms with van der Waals surface area (Å²) in [6, 6.07) is 14.0. The van der Waals surface area contributed by atoms with Crippen LogP contribution < -0.4 is 4.90 Å². The highest BCUT2D eigenvalue weighted by Gasteiger charge is 2.19. The minimum Gasteiger partial charge on any atom is -0.459 e. The van der Waals surface area contributed by atoms with Crippen molar-refractivity contribution in [2.45, 2.75) is 39.8 Å². The SMILES string of the molecule is Cc1cc(N(CCC#N)C(=O)Cn2nnc(-c3cccc(C(=O)OC(C)C)c3)n2)ccc1Cl. The van der Waals surface area contributed by atoms with E-state index in [-0.39, 0.29) is 37.3 Å². The second-order valence-corrected chi connectivity index (χ2v) is 7.97.